The summed E-state index contributed by atoms with van der Waals surface area (Å²) < 4.78 is 11.5. The van der Waals surface area contributed by atoms with Crippen LogP contribution in [-0.2, 0) is 14.3 Å². The van der Waals surface area contributed by atoms with Crippen LogP contribution in [0.5, 0.6) is 0 Å². The normalized spacial score (nSPS) is 26.7. The van der Waals surface area contributed by atoms with Crippen molar-refractivity contribution in [2.24, 2.45) is 0 Å². The number of rotatable bonds is 1. The summed E-state index contributed by atoms with van der Waals surface area (Å²) in [6.45, 7) is 0. The number of nitrogens with zero attached hydrogens (tertiary/aromatic N) is 1. The zero-order valence-corrected chi connectivity index (χ0v) is 17.5. The quantitative estimate of drug-likeness (QED) is 0.306. The van der Waals surface area contributed by atoms with Gasteiger partial charge >= 0.3 is 12.1 Å². The van der Waals surface area contributed by atoms with Crippen molar-refractivity contribution in [2.45, 2.75) is 22.1 Å². The Morgan fingerprint density at radius 3 is 2.62 bits per heavy atom. The number of ether oxygens (including phenoxy) is 2. The fourth-order valence-corrected chi connectivity index (χ4v) is 6.02. The SMILES string of the molecule is COC(=O)N1[C@H]2OC(=O)[C@@H](c3ccccc3)[C@@H]1c1cccc(Br)c1[C@@H]2I. The fraction of sp³-hybridized carbons (Fsp3) is 0.263. The first-order valence-electron chi connectivity index (χ1n) is 8.08. The summed E-state index contributed by atoms with van der Waals surface area (Å²) in [6.07, 6.45) is -1.20. The topological polar surface area (TPSA) is 55.8 Å². The molecule has 0 saturated carbocycles. The number of benzene rings is 2. The van der Waals surface area contributed by atoms with E-state index in [1.165, 1.54) is 7.11 Å². The van der Waals surface area contributed by atoms with Crippen LogP contribution in [0.2, 0.25) is 0 Å². The smallest absolute Gasteiger partial charge is 0.412 e. The maximum Gasteiger partial charge on any atom is 0.412 e. The Morgan fingerprint density at radius 1 is 1.19 bits per heavy atom. The highest BCUT2D eigenvalue weighted by Gasteiger charge is 2.55. The molecule has 2 aromatic rings. The van der Waals surface area contributed by atoms with E-state index in [9.17, 15) is 9.59 Å². The largest absolute Gasteiger partial charge is 0.453 e. The van der Waals surface area contributed by atoms with Gasteiger partial charge in [-0.05, 0) is 22.8 Å². The average molecular weight is 528 g/mol. The summed E-state index contributed by atoms with van der Waals surface area (Å²) in [6, 6.07) is 14.8. The Hall–Kier alpha value is -1.61. The van der Waals surface area contributed by atoms with E-state index in [1.54, 1.807) is 4.90 Å². The summed E-state index contributed by atoms with van der Waals surface area (Å²) in [7, 11) is 1.34. The molecule has 7 heteroatoms. The number of hydrogen-bond donors (Lipinski definition) is 0. The minimum atomic E-state index is -0.702. The lowest BCUT2D eigenvalue weighted by Crippen LogP contribution is -2.57. The van der Waals surface area contributed by atoms with Gasteiger partial charge in [-0.1, -0.05) is 81.0 Å². The number of amides is 1. The Morgan fingerprint density at radius 2 is 1.92 bits per heavy atom. The van der Waals surface area contributed by atoms with Crippen LogP contribution >= 0.6 is 38.5 Å². The second-order valence-electron chi connectivity index (χ2n) is 6.18. The van der Waals surface area contributed by atoms with Crippen molar-refractivity contribution in [1.82, 2.24) is 4.90 Å². The Bertz CT molecular complexity index is 875. The van der Waals surface area contributed by atoms with Crippen molar-refractivity contribution in [2.75, 3.05) is 7.11 Å². The number of methoxy groups -OCH3 is 1. The first kappa shape index (κ1) is 17.8. The van der Waals surface area contributed by atoms with E-state index in [0.717, 1.165) is 21.2 Å². The van der Waals surface area contributed by atoms with Crippen molar-refractivity contribution in [3.63, 3.8) is 0 Å². The lowest BCUT2D eigenvalue weighted by molar-refractivity contribution is -0.178. The van der Waals surface area contributed by atoms with Gasteiger partial charge in [0.2, 0.25) is 0 Å². The van der Waals surface area contributed by atoms with Gasteiger partial charge in [0.05, 0.1) is 17.1 Å². The van der Waals surface area contributed by atoms with Crippen LogP contribution < -0.4 is 0 Å². The first-order chi connectivity index (χ1) is 12.5. The molecule has 0 radical (unpaired) electrons. The number of carbonyl (C=O) groups excluding carboxylic acids is 2. The minimum Gasteiger partial charge on any atom is -0.453 e. The molecule has 4 atom stereocenters. The highest BCUT2D eigenvalue weighted by molar-refractivity contribution is 14.1. The number of carbonyl (C=O) groups is 2. The molecule has 134 valence electrons. The molecule has 5 nitrogen and oxygen atoms in total. The van der Waals surface area contributed by atoms with E-state index in [1.807, 2.05) is 48.5 Å². The third-order valence-corrected chi connectivity index (χ3v) is 6.79. The van der Waals surface area contributed by atoms with Crippen molar-refractivity contribution in [3.05, 3.63) is 69.7 Å². The van der Waals surface area contributed by atoms with Gasteiger partial charge in [0.15, 0.2) is 6.23 Å². The predicted octanol–water partition coefficient (Wildman–Crippen LogP) is 4.72. The van der Waals surface area contributed by atoms with Crippen LogP contribution in [0.3, 0.4) is 0 Å². The van der Waals surface area contributed by atoms with E-state index in [4.69, 9.17) is 9.47 Å². The number of fused-ring (bicyclic) bond motifs is 4. The summed E-state index contributed by atoms with van der Waals surface area (Å²) in [5, 5.41) is 0. The van der Waals surface area contributed by atoms with Crippen LogP contribution in [-0.4, -0.2) is 30.3 Å². The van der Waals surface area contributed by atoms with Gasteiger partial charge in [-0.25, -0.2) is 4.79 Å². The van der Waals surface area contributed by atoms with Gasteiger partial charge in [0, 0.05) is 4.47 Å². The molecule has 26 heavy (non-hydrogen) atoms. The zero-order chi connectivity index (χ0) is 18.4. The highest BCUT2D eigenvalue weighted by atomic mass is 127. The maximum absolute atomic E-state index is 12.9. The number of halogens is 2. The van der Waals surface area contributed by atoms with Crippen LogP contribution in [0.15, 0.2) is 53.0 Å². The Kier molecular flexibility index (Phi) is 4.68. The highest BCUT2D eigenvalue weighted by Crippen LogP contribution is 2.54. The van der Waals surface area contributed by atoms with Crippen LogP contribution in [0, 0.1) is 0 Å². The maximum atomic E-state index is 12.9. The summed E-state index contributed by atoms with van der Waals surface area (Å²) in [5.74, 6) is -0.929. The lowest BCUT2D eigenvalue weighted by Gasteiger charge is -2.50. The molecule has 2 aliphatic rings. The molecule has 0 N–H and O–H groups in total. The van der Waals surface area contributed by atoms with E-state index in [0.29, 0.717) is 0 Å². The van der Waals surface area contributed by atoms with Crippen LogP contribution in [0.1, 0.15) is 32.6 Å². The molecule has 4 rings (SSSR count). The summed E-state index contributed by atoms with van der Waals surface area (Å²) >= 11 is 5.84. The fourth-order valence-electron chi connectivity index (χ4n) is 3.77. The molecule has 0 aliphatic carbocycles. The molecule has 2 aliphatic heterocycles. The molecule has 1 amide bonds. The van der Waals surface area contributed by atoms with Gasteiger partial charge in [-0.2, -0.15) is 0 Å². The third-order valence-electron chi connectivity index (χ3n) is 4.86. The summed E-state index contributed by atoms with van der Waals surface area (Å²) in [4.78, 5) is 27.1. The van der Waals surface area contributed by atoms with Gasteiger partial charge < -0.3 is 9.47 Å². The standard InChI is InChI=1S/C19H15BrINO4/c1-25-19(24)22-16-11-8-5-9-12(20)14(11)15(21)17(22)26-18(23)13(16)10-6-3-2-4-7-10/h2-9,13,15-17H,1H3/t13-,15-,16-,17-/m0/s1. The van der Waals surface area contributed by atoms with Crippen molar-refractivity contribution < 1.29 is 19.1 Å². The lowest BCUT2D eigenvalue weighted by atomic mass is 9.79. The summed E-state index contributed by atoms with van der Waals surface area (Å²) in [5.41, 5.74) is 2.80. The van der Waals surface area contributed by atoms with Gasteiger partial charge in [0.1, 0.15) is 5.92 Å². The first-order valence-corrected chi connectivity index (χ1v) is 10.1. The van der Waals surface area contributed by atoms with Gasteiger partial charge in [-0.3, -0.25) is 9.69 Å². The van der Waals surface area contributed by atoms with Crippen LogP contribution in [0.4, 0.5) is 4.79 Å². The van der Waals surface area contributed by atoms with E-state index in [-0.39, 0.29) is 9.89 Å². The molecule has 0 unspecified atom stereocenters. The number of alkyl halides is 1. The van der Waals surface area contributed by atoms with Crippen molar-refractivity contribution >= 4 is 50.6 Å². The number of hydrogen-bond acceptors (Lipinski definition) is 4. The molecule has 1 fully saturated rings. The van der Waals surface area contributed by atoms with Crippen molar-refractivity contribution in [1.29, 1.82) is 0 Å². The average Bonchev–Trinajstić information content (AvgIpc) is 2.65. The molecule has 0 aromatic heterocycles. The second-order valence-corrected chi connectivity index (χ2v) is 8.38. The van der Waals surface area contributed by atoms with Crippen LogP contribution in [0.25, 0.3) is 0 Å². The van der Waals surface area contributed by atoms with E-state index >= 15 is 0 Å². The molecular weight excluding hydrogens is 513 g/mol. The molecule has 2 aromatic carbocycles. The molecule has 0 spiro atoms. The molecular formula is C19H15BrINO4. The monoisotopic (exact) mass is 527 g/mol. The Balaban J connectivity index is 1.96. The number of esters is 1. The molecule has 1 saturated heterocycles. The molecule has 2 heterocycles. The van der Waals surface area contributed by atoms with Gasteiger partial charge in [0.25, 0.3) is 0 Å². The third kappa shape index (κ3) is 2.63. The van der Waals surface area contributed by atoms with Crippen molar-refractivity contribution in [3.8, 4) is 0 Å². The van der Waals surface area contributed by atoms with E-state index < -0.39 is 24.3 Å². The molecule has 2 bridgehead atoms. The Labute approximate surface area is 172 Å². The van der Waals surface area contributed by atoms with E-state index in [2.05, 4.69) is 38.5 Å². The minimum absolute atomic E-state index is 0.200. The van der Waals surface area contributed by atoms with Gasteiger partial charge in [-0.15, -0.1) is 0 Å². The zero-order valence-electron chi connectivity index (χ0n) is 13.8. The predicted molar refractivity (Wildman–Crippen MR) is 107 cm³/mol. The second kappa shape index (κ2) is 6.84.